The number of aromatic nitrogens is 2. The van der Waals surface area contributed by atoms with Crippen LogP contribution in [0.15, 0.2) is 59.6 Å². The zero-order chi connectivity index (χ0) is 24.0. The van der Waals surface area contributed by atoms with Crippen LogP contribution in [0.4, 0.5) is 5.95 Å². The van der Waals surface area contributed by atoms with Crippen LogP contribution in [0.3, 0.4) is 0 Å². The van der Waals surface area contributed by atoms with Crippen molar-refractivity contribution in [3.8, 4) is 11.3 Å². The van der Waals surface area contributed by atoms with Crippen LogP contribution in [0.25, 0.3) is 11.3 Å². The van der Waals surface area contributed by atoms with E-state index >= 15 is 0 Å². The molecule has 0 spiro atoms. The second-order valence-corrected chi connectivity index (χ2v) is 9.76. The van der Waals surface area contributed by atoms with Crippen molar-refractivity contribution in [2.24, 2.45) is 0 Å². The quantitative estimate of drug-likeness (QED) is 0.356. The molecule has 0 aliphatic rings. The molecule has 0 fully saturated rings. The Kier molecular flexibility index (Phi) is 8.63. The molecule has 0 aliphatic carbocycles. The van der Waals surface area contributed by atoms with Gasteiger partial charge < -0.3 is 15.1 Å². The first-order valence-corrected chi connectivity index (χ1v) is 12.4. The van der Waals surface area contributed by atoms with Gasteiger partial charge in [0.05, 0.1) is 34.5 Å². The molecule has 1 unspecified atom stereocenters. The predicted octanol–water partition coefficient (Wildman–Crippen LogP) is 3.63. The normalized spacial score (nSPS) is 12.5. The Balaban J connectivity index is 1.86. The van der Waals surface area contributed by atoms with E-state index in [1.165, 1.54) is 18.3 Å². The van der Waals surface area contributed by atoms with E-state index in [4.69, 9.17) is 23.2 Å². The maximum atomic E-state index is 12.9. The first kappa shape index (κ1) is 25.4. The molecule has 0 saturated heterocycles. The first-order chi connectivity index (χ1) is 15.8. The zero-order valence-corrected chi connectivity index (χ0v) is 20.1. The molecule has 1 aromatic heterocycles. The van der Waals surface area contributed by atoms with Crippen molar-refractivity contribution in [3.05, 3.63) is 70.3 Å². The van der Waals surface area contributed by atoms with Crippen LogP contribution in [0.2, 0.25) is 10.0 Å². The van der Waals surface area contributed by atoms with E-state index in [-0.39, 0.29) is 11.6 Å². The van der Waals surface area contributed by atoms with Gasteiger partial charge in [-0.25, -0.2) is 23.1 Å². The van der Waals surface area contributed by atoms with Crippen molar-refractivity contribution in [2.75, 3.05) is 24.8 Å². The average Bonchev–Trinajstić information content (AvgIpc) is 2.81. The third-order valence-electron chi connectivity index (χ3n) is 4.85. The molecule has 33 heavy (non-hydrogen) atoms. The van der Waals surface area contributed by atoms with E-state index in [9.17, 15) is 18.6 Å². The number of sulfonamides is 1. The topological polar surface area (TPSA) is 116 Å². The van der Waals surface area contributed by atoms with E-state index in [1.807, 2.05) is 6.92 Å². The Morgan fingerprint density at radius 3 is 2.45 bits per heavy atom. The average molecular weight is 511 g/mol. The van der Waals surface area contributed by atoms with Crippen LogP contribution in [0.5, 0.6) is 0 Å². The second-order valence-electron chi connectivity index (χ2n) is 7.21. The molecule has 3 rings (SSSR count). The van der Waals surface area contributed by atoms with E-state index in [2.05, 4.69) is 14.7 Å². The van der Waals surface area contributed by atoms with E-state index in [0.717, 1.165) is 6.42 Å². The Hall–Kier alpha value is -2.27. The SMILES string of the molecule is CCCN(CO)c1ncc(Cl)c(-c2ccc(S(=O)(=O)NC(CO)c3cccc(Cl)c3)cc2)n1. The largest absolute Gasteiger partial charge is 0.394 e. The summed E-state index contributed by atoms with van der Waals surface area (Å²) in [6.07, 6.45) is 2.24. The van der Waals surface area contributed by atoms with E-state index in [0.29, 0.717) is 39.4 Å². The fourth-order valence-corrected chi connectivity index (χ4v) is 4.81. The number of hydrogen-bond acceptors (Lipinski definition) is 7. The molecule has 3 aromatic rings. The molecule has 0 amide bonds. The maximum absolute atomic E-state index is 12.9. The minimum Gasteiger partial charge on any atom is -0.394 e. The summed E-state index contributed by atoms with van der Waals surface area (Å²) < 4.78 is 28.3. The molecular weight excluding hydrogens is 487 g/mol. The van der Waals surface area contributed by atoms with Gasteiger partial charge in [0.15, 0.2) is 0 Å². The molecule has 0 radical (unpaired) electrons. The smallest absolute Gasteiger partial charge is 0.241 e. The van der Waals surface area contributed by atoms with Gasteiger partial charge in [0.1, 0.15) is 6.73 Å². The highest BCUT2D eigenvalue weighted by molar-refractivity contribution is 7.89. The number of nitrogens with zero attached hydrogens (tertiary/aromatic N) is 3. The summed E-state index contributed by atoms with van der Waals surface area (Å²) in [6, 6.07) is 11.8. The lowest BCUT2D eigenvalue weighted by Gasteiger charge is -2.19. The molecule has 1 heterocycles. The maximum Gasteiger partial charge on any atom is 0.241 e. The third-order valence-corrected chi connectivity index (χ3v) is 6.85. The highest BCUT2D eigenvalue weighted by Gasteiger charge is 2.22. The van der Waals surface area contributed by atoms with Crippen molar-refractivity contribution < 1.29 is 18.6 Å². The zero-order valence-electron chi connectivity index (χ0n) is 17.8. The molecule has 1 atom stereocenters. The Bertz CT molecular complexity index is 1190. The van der Waals surface area contributed by atoms with Crippen molar-refractivity contribution >= 4 is 39.2 Å². The standard InChI is InChI=1S/C22H24Cl2N4O4S/c1-2-10-28(14-30)22-25-12-19(24)21(26-22)15-6-8-18(9-7-15)33(31,32)27-20(13-29)16-4-3-5-17(23)11-16/h3-9,11-12,20,27,29-30H,2,10,13-14H2,1H3. The molecule has 0 bridgehead atoms. The number of aliphatic hydroxyl groups excluding tert-OH is 2. The van der Waals surface area contributed by atoms with Crippen LogP contribution < -0.4 is 9.62 Å². The van der Waals surface area contributed by atoms with Gasteiger partial charge in [0, 0.05) is 17.1 Å². The summed E-state index contributed by atoms with van der Waals surface area (Å²) in [7, 11) is -3.93. The van der Waals surface area contributed by atoms with E-state index < -0.39 is 22.7 Å². The molecule has 2 aromatic carbocycles. The number of benzene rings is 2. The van der Waals surface area contributed by atoms with Gasteiger partial charge in [0.2, 0.25) is 16.0 Å². The fourth-order valence-electron chi connectivity index (χ4n) is 3.20. The third kappa shape index (κ3) is 6.20. The molecule has 11 heteroatoms. The van der Waals surface area contributed by atoms with Gasteiger partial charge in [0.25, 0.3) is 0 Å². The van der Waals surface area contributed by atoms with E-state index in [1.54, 1.807) is 41.3 Å². The lowest BCUT2D eigenvalue weighted by atomic mass is 10.1. The summed E-state index contributed by atoms with van der Waals surface area (Å²) >= 11 is 12.3. The summed E-state index contributed by atoms with van der Waals surface area (Å²) in [5.41, 5.74) is 1.55. The number of aliphatic hydroxyl groups is 2. The Labute approximate surface area is 202 Å². The molecule has 0 aliphatic heterocycles. The van der Waals surface area contributed by atoms with Gasteiger partial charge in [-0.05, 0) is 36.2 Å². The summed E-state index contributed by atoms with van der Waals surface area (Å²) in [4.78, 5) is 10.2. The molecular formula is C22H24Cl2N4O4S. The van der Waals surface area contributed by atoms with Crippen LogP contribution in [-0.4, -0.2) is 48.5 Å². The monoisotopic (exact) mass is 510 g/mol. The summed E-state index contributed by atoms with van der Waals surface area (Å²) in [5, 5.41) is 20.0. The lowest BCUT2D eigenvalue weighted by molar-refractivity contribution is 0.259. The van der Waals surface area contributed by atoms with Gasteiger partial charge >= 0.3 is 0 Å². The van der Waals surface area contributed by atoms with Gasteiger partial charge in [-0.1, -0.05) is 54.4 Å². The lowest BCUT2D eigenvalue weighted by Crippen LogP contribution is -2.30. The Morgan fingerprint density at radius 1 is 1.12 bits per heavy atom. The van der Waals surface area contributed by atoms with Crippen LogP contribution in [0, 0.1) is 0 Å². The van der Waals surface area contributed by atoms with Crippen LogP contribution >= 0.6 is 23.2 Å². The van der Waals surface area contributed by atoms with Gasteiger partial charge in [-0.15, -0.1) is 0 Å². The predicted molar refractivity (Wildman–Crippen MR) is 129 cm³/mol. The number of rotatable bonds is 10. The second kappa shape index (κ2) is 11.2. The molecule has 8 nitrogen and oxygen atoms in total. The number of nitrogens with one attached hydrogen (secondary N) is 1. The fraction of sp³-hybridized carbons (Fsp3) is 0.273. The molecule has 176 valence electrons. The van der Waals surface area contributed by atoms with Crippen molar-refractivity contribution in [1.82, 2.24) is 14.7 Å². The number of anilines is 1. The van der Waals surface area contributed by atoms with Crippen molar-refractivity contribution in [3.63, 3.8) is 0 Å². The highest BCUT2D eigenvalue weighted by Crippen LogP contribution is 2.28. The van der Waals surface area contributed by atoms with Crippen LogP contribution in [0.1, 0.15) is 24.9 Å². The van der Waals surface area contributed by atoms with Gasteiger partial charge in [-0.3, -0.25) is 0 Å². The number of hydrogen-bond donors (Lipinski definition) is 3. The first-order valence-electron chi connectivity index (χ1n) is 10.2. The van der Waals surface area contributed by atoms with Crippen LogP contribution in [-0.2, 0) is 10.0 Å². The molecule has 3 N–H and O–H groups in total. The number of halogens is 2. The minimum atomic E-state index is -3.93. The van der Waals surface area contributed by atoms with Crippen molar-refractivity contribution in [1.29, 1.82) is 0 Å². The summed E-state index contributed by atoms with van der Waals surface area (Å²) in [5.74, 6) is 0.324. The minimum absolute atomic E-state index is 0.0140. The van der Waals surface area contributed by atoms with Gasteiger partial charge in [-0.2, -0.15) is 0 Å². The molecule has 0 saturated carbocycles. The Morgan fingerprint density at radius 2 is 1.85 bits per heavy atom. The summed E-state index contributed by atoms with van der Waals surface area (Å²) in [6.45, 7) is 1.87. The highest BCUT2D eigenvalue weighted by atomic mass is 35.5. The van der Waals surface area contributed by atoms with Crippen molar-refractivity contribution in [2.45, 2.75) is 24.3 Å².